The van der Waals surface area contributed by atoms with Gasteiger partial charge in [0, 0.05) is 30.5 Å². The van der Waals surface area contributed by atoms with Gasteiger partial charge in [0.05, 0.1) is 13.7 Å². The predicted octanol–water partition coefficient (Wildman–Crippen LogP) is 4.02. The molecule has 0 aliphatic carbocycles. The molecule has 2 amide bonds. The van der Waals surface area contributed by atoms with Crippen LogP contribution in [0.2, 0.25) is 0 Å². The van der Waals surface area contributed by atoms with Gasteiger partial charge in [-0.3, -0.25) is 9.59 Å². The molecule has 3 aromatic carbocycles. The Morgan fingerprint density at radius 2 is 1.63 bits per heavy atom. The second-order valence-electron chi connectivity index (χ2n) is 6.86. The standard InChI is InChI=1S/C24H25N3O3/c1-27(17-18-7-4-3-5-8-18)24(29)19-9-6-10-21(15-19)26-23(28)16-25-20-11-13-22(30-2)14-12-20/h3-15,25H,16-17H2,1-2H3,(H,26,28). The van der Waals surface area contributed by atoms with Gasteiger partial charge in [0.1, 0.15) is 5.75 Å². The number of rotatable bonds is 8. The van der Waals surface area contributed by atoms with Crippen molar-refractivity contribution in [2.75, 3.05) is 31.3 Å². The minimum atomic E-state index is -0.201. The van der Waals surface area contributed by atoms with Crippen LogP contribution in [-0.2, 0) is 11.3 Å². The van der Waals surface area contributed by atoms with Crippen LogP contribution >= 0.6 is 0 Å². The Bertz CT molecular complexity index is 988. The largest absolute Gasteiger partial charge is 0.497 e. The number of ether oxygens (including phenoxy) is 1. The molecule has 2 N–H and O–H groups in total. The van der Waals surface area contributed by atoms with Crippen molar-refractivity contribution in [3.63, 3.8) is 0 Å². The summed E-state index contributed by atoms with van der Waals surface area (Å²) in [6, 6.07) is 24.1. The number of amides is 2. The summed E-state index contributed by atoms with van der Waals surface area (Å²) in [4.78, 5) is 26.7. The maximum atomic E-state index is 12.7. The smallest absolute Gasteiger partial charge is 0.253 e. The maximum Gasteiger partial charge on any atom is 0.253 e. The SMILES string of the molecule is COc1ccc(NCC(=O)Nc2cccc(C(=O)N(C)Cc3ccccc3)c2)cc1. The fourth-order valence-electron chi connectivity index (χ4n) is 2.98. The molecule has 0 heterocycles. The molecule has 30 heavy (non-hydrogen) atoms. The van der Waals surface area contributed by atoms with Gasteiger partial charge in [-0.25, -0.2) is 0 Å². The number of hydrogen-bond donors (Lipinski definition) is 2. The lowest BCUT2D eigenvalue weighted by atomic mass is 10.1. The molecule has 6 heteroatoms. The van der Waals surface area contributed by atoms with Crippen LogP contribution in [0.3, 0.4) is 0 Å². The number of anilines is 2. The summed E-state index contributed by atoms with van der Waals surface area (Å²) in [6.45, 7) is 0.625. The van der Waals surface area contributed by atoms with Crippen LogP contribution in [0.15, 0.2) is 78.9 Å². The lowest BCUT2D eigenvalue weighted by molar-refractivity contribution is -0.114. The number of nitrogens with zero attached hydrogens (tertiary/aromatic N) is 1. The minimum Gasteiger partial charge on any atom is -0.497 e. The third-order valence-corrected chi connectivity index (χ3v) is 4.55. The van der Waals surface area contributed by atoms with Crippen LogP contribution in [0.4, 0.5) is 11.4 Å². The summed E-state index contributed by atoms with van der Waals surface area (Å²) < 4.78 is 5.12. The average molecular weight is 403 g/mol. The topological polar surface area (TPSA) is 70.7 Å². The van der Waals surface area contributed by atoms with Crippen molar-refractivity contribution in [3.8, 4) is 5.75 Å². The van der Waals surface area contributed by atoms with E-state index in [1.807, 2.05) is 54.6 Å². The lowest BCUT2D eigenvalue weighted by Crippen LogP contribution is -2.26. The van der Waals surface area contributed by atoms with E-state index in [1.54, 1.807) is 43.3 Å². The zero-order valence-electron chi connectivity index (χ0n) is 17.1. The lowest BCUT2D eigenvalue weighted by Gasteiger charge is -2.18. The molecule has 0 aliphatic rings. The van der Waals surface area contributed by atoms with Crippen molar-refractivity contribution in [2.45, 2.75) is 6.54 Å². The quantitative estimate of drug-likeness (QED) is 0.596. The molecule has 154 valence electrons. The van der Waals surface area contributed by atoms with Gasteiger partial charge in [0.15, 0.2) is 0 Å². The van der Waals surface area contributed by atoms with Gasteiger partial charge in [0.2, 0.25) is 5.91 Å². The van der Waals surface area contributed by atoms with E-state index in [1.165, 1.54) is 0 Å². The number of hydrogen-bond acceptors (Lipinski definition) is 4. The molecule has 6 nitrogen and oxygen atoms in total. The summed E-state index contributed by atoms with van der Waals surface area (Å²) in [5.74, 6) is 0.447. The Balaban J connectivity index is 1.56. The van der Waals surface area contributed by atoms with E-state index in [0.717, 1.165) is 17.0 Å². The van der Waals surface area contributed by atoms with Crippen molar-refractivity contribution in [1.82, 2.24) is 4.90 Å². The average Bonchev–Trinajstić information content (AvgIpc) is 2.78. The Hall–Kier alpha value is -3.80. The van der Waals surface area contributed by atoms with Crippen molar-refractivity contribution in [3.05, 3.63) is 90.0 Å². The predicted molar refractivity (Wildman–Crippen MR) is 119 cm³/mol. The first-order valence-electron chi connectivity index (χ1n) is 9.62. The highest BCUT2D eigenvalue weighted by Crippen LogP contribution is 2.16. The van der Waals surface area contributed by atoms with E-state index >= 15 is 0 Å². The fraction of sp³-hybridized carbons (Fsp3) is 0.167. The fourth-order valence-corrected chi connectivity index (χ4v) is 2.98. The molecule has 0 aliphatic heterocycles. The number of methoxy groups -OCH3 is 1. The van der Waals surface area contributed by atoms with E-state index in [0.29, 0.717) is 17.8 Å². The van der Waals surface area contributed by atoms with E-state index in [9.17, 15) is 9.59 Å². The Morgan fingerprint density at radius 3 is 2.33 bits per heavy atom. The first-order valence-corrected chi connectivity index (χ1v) is 9.62. The van der Waals surface area contributed by atoms with Gasteiger partial charge < -0.3 is 20.3 Å². The Kier molecular flexibility index (Phi) is 7.05. The van der Waals surface area contributed by atoms with E-state index in [2.05, 4.69) is 10.6 Å². The van der Waals surface area contributed by atoms with Crippen LogP contribution < -0.4 is 15.4 Å². The molecule has 0 radical (unpaired) electrons. The molecule has 3 rings (SSSR count). The zero-order valence-corrected chi connectivity index (χ0v) is 17.1. The number of nitrogens with one attached hydrogen (secondary N) is 2. The minimum absolute atomic E-state index is 0.105. The second-order valence-corrected chi connectivity index (χ2v) is 6.86. The molecule has 0 saturated carbocycles. The zero-order chi connectivity index (χ0) is 21.3. The molecule has 0 fully saturated rings. The first kappa shape index (κ1) is 20.9. The van der Waals surface area contributed by atoms with Crippen LogP contribution in [0.25, 0.3) is 0 Å². The molecule has 0 saturated heterocycles. The number of carbonyl (C=O) groups excluding carboxylic acids is 2. The molecule has 0 atom stereocenters. The van der Waals surface area contributed by atoms with E-state index in [4.69, 9.17) is 4.74 Å². The van der Waals surface area contributed by atoms with Crippen LogP contribution in [0.1, 0.15) is 15.9 Å². The summed E-state index contributed by atoms with van der Waals surface area (Å²) in [6.07, 6.45) is 0. The third-order valence-electron chi connectivity index (χ3n) is 4.55. The summed E-state index contributed by atoms with van der Waals surface area (Å²) in [7, 11) is 3.37. The van der Waals surface area contributed by atoms with E-state index < -0.39 is 0 Å². The van der Waals surface area contributed by atoms with Crippen molar-refractivity contribution in [1.29, 1.82) is 0 Å². The van der Waals surface area contributed by atoms with Crippen molar-refractivity contribution < 1.29 is 14.3 Å². The summed E-state index contributed by atoms with van der Waals surface area (Å²) >= 11 is 0. The number of carbonyl (C=O) groups is 2. The van der Waals surface area contributed by atoms with Gasteiger partial charge in [0.25, 0.3) is 5.91 Å². The first-order chi connectivity index (χ1) is 14.5. The second kappa shape index (κ2) is 10.1. The van der Waals surface area contributed by atoms with Gasteiger partial charge in [-0.2, -0.15) is 0 Å². The molecule has 0 unspecified atom stereocenters. The molecular formula is C24H25N3O3. The highest BCUT2D eigenvalue weighted by Gasteiger charge is 2.13. The van der Waals surface area contributed by atoms with Crippen LogP contribution in [0.5, 0.6) is 5.75 Å². The van der Waals surface area contributed by atoms with E-state index in [-0.39, 0.29) is 18.4 Å². The molecule has 0 aromatic heterocycles. The maximum absolute atomic E-state index is 12.7. The normalized spacial score (nSPS) is 10.2. The van der Waals surface area contributed by atoms with Gasteiger partial charge in [-0.05, 0) is 48.0 Å². The van der Waals surface area contributed by atoms with Crippen molar-refractivity contribution in [2.24, 2.45) is 0 Å². The van der Waals surface area contributed by atoms with Crippen LogP contribution in [0, 0.1) is 0 Å². The summed E-state index contributed by atoms with van der Waals surface area (Å²) in [5.41, 5.74) is 2.98. The van der Waals surface area contributed by atoms with Crippen molar-refractivity contribution >= 4 is 23.2 Å². The highest BCUT2D eigenvalue weighted by molar-refractivity contribution is 5.98. The summed E-state index contributed by atoms with van der Waals surface area (Å²) in [5, 5.41) is 5.88. The highest BCUT2D eigenvalue weighted by atomic mass is 16.5. The van der Waals surface area contributed by atoms with Gasteiger partial charge in [-0.15, -0.1) is 0 Å². The number of benzene rings is 3. The van der Waals surface area contributed by atoms with Gasteiger partial charge >= 0.3 is 0 Å². The molecule has 3 aromatic rings. The van der Waals surface area contributed by atoms with Crippen LogP contribution in [-0.4, -0.2) is 37.4 Å². The molecular weight excluding hydrogens is 378 g/mol. The third kappa shape index (κ3) is 5.85. The Morgan fingerprint density at radius 1 is 0.900 bits per heavy atom. The molecule has 0 spiro atoms. The molecule has 0 bridgehead atoms. The monoisotopic (exact) mass is 403 g/mol. The van der Waals surface area contributed by atoms with Gasteiger partial charge in [-0.1, -0.05) is 36.4 Å². The Labute approximate surface area is 176 Å².